The van der Waals surface area contributed by atoms with Crippen molar-refractivity contribution in [3.05, 3.63) is 34.6 Å². The predicted molar refractivity (Wildman–Crippen MR) is 106 cm³/mol. The second kappa shape index (κ2) is 8.16. The molecule has 3 rings (SSSR count). The summed E-state index contributed by atoms with van der Waals surface area (Å²) in [5.41, 5.74) is 2.21. The van der Waals surface area contributed by atoms with Crippen LogP contribution in [0, 0.1) is 17.6 Å². The third kappa shape index (κ3) is 4.23. The molecular weight excluding hydrogens is 344 g/mol. The van der Waals surface area contributed by atoms with E-state index < -0.39 is 0 Å². The molecule has 0 atom stereocenters. The average molecular weight is 373 g/mol. The van der Waals surface area contributed by atoms with Crippen molar-refractivity contribution in [1.29, 1.82) is 0 Å². The van der Waals surface area contributed by atoms with Gasteiger partial charge in [0, 0.05) is 31.6 Å². The van der Waals surface area contributed by atoms with Crippen LogP contribution in [-0.4, -0.2) is 38.7 Å². The van der Waals surface area contributed by atoms with Crippen LogP contribution in [0.1, 0.15) is 44.6 Å². The number of nitrogens with zero attached hydrogens (tertiary/aromatic N) is 3. The molecule has 0 spiro atoms. The van der Waals surface area contributed by atoms with Crippen LogP contribution in [0.5, 0.6) is 0 Å². The van der Waals surface area contributed by atoms with E-state index in [2.05, 4.69) is 36.2 Å². The SMILES string of the molecule is Cc1ccc(-c2n[nH]c(=S)n2CCC(=O)N(C)C2CCC(C)CC2)cc1. The normalized spacial score (nSPS) is 20.1. The quantitative estimate of drug-likeness (QED) is 0.794. The van der Waals surface area contributed by atoms with Gasteiger partial charge < -0.3 is 4.90 Å². The Morgan fingerprint density at radius 3 is 2.58 bits per heavy atom. The average Bonchev–Trinajstić information content (AvgIpc) is 3.01. The summed E-state index contributed by atoms with van der Waals surface area (Å²) < 4.78 is 2.48. The van der Waals surface area contributed by atoms with Crippen LogP contribution < -0.4 is 0 Å². The number of nitrogens with one attached hydrogen (secondary N) is 1. The molecule has 140 valence electrons. The van der Waals surface area contributed by atoms with Gasteiger partial charge in [0.05, 0.1) is 0 Å². The number of hydrogen-bond donors (Lipinski definition) is 1. The zero-order chi connectivity index (χ0) is 18.7. The van der Waals surface area contributed by atoms with Crippen LogP contribution in [0.4, 0.5) is 0 Å². The van der Waals surface area contributed by atoms with Crippen molar-refractivity contribution in [3.63, 3.8) is 0 Å². The Morgan fingerprint density at radius 2 is 1.92 bits per heavy atom. The molecule has 1 saturated carbocycles. The molecule has 6 heteroatoms. The number of carbonyl (C=O) groups excluding carboxylic acids is 1. The first-order valence-electron chi connectivity index (χ1n) is 9.43. The summed E-state index contributed by atoms with van der Waals surface area (Å²) in [4.78, 5) is 14.6. The van der Waals surface area contributed by atoms with E-state index in [1.807, 2.05) is 28.6 Å². The number of aromatic amines is 1. The van der Waals surface area contributed by atoms with Crippen LogP contribution in [0.3, 0.4) is 0 Å². The van der Waals surface area contributed by atoms with Crippen LogP contribution in [0.15, 0.2) is 24.3 Å². The summed E-state index contributed by atoms with van der Waals surface area (Å²) in [5, 5.41) is 7.22. The second-order valence-corrected chi connectivity index (χ2v) is 7.93. The minimum atomic E-state index is 0.183. The van der Waals surface area contributed by atoms with Crippen molar-refractivity contribution < 1.29 is 4.79 Å². The first kappa shape index (κ1) is 18.8. The second-order valence-electron chi connectivity index (χ2n) is 7.54. The topological polar surface area (TPSA) is 53.9 Å². The molecule has 0 bridgehead atoms. The van der Waals surface area contributed by atoms with Crippen LogP contribution in [0.2, 0.25) is 0 Å². The van der Waals surface area contributed by atoms with Crippen molar-refractivity contribution >= 4 is 18.1 Å². The van der Waals surface area contributed by atoms with Gasteiger partial charge in [-0.2, -0.15) is 5.10 Å². The summed E-state index contributed by atoms with van der Waals surface area (Å²) in [6.45, 7) is 4.90. The Labute approximate surface area is 160 Å². The molecule has 0 radical (unpaired) electrons. The summed E-state index contributed by atoms with van der Waals surface area (Å²) in [5.74, 6) is 1.76. The Morgan fingerprint density at radius 1 is 1.27 bits per heavy atom. The zero-order valence-electron chi connectivity index (χ0n) is 15.9. The summed E-state index contributed by atoms with van der Waals surface area (Å²) in [6, 6.07) is 8.57. The number of H-pyrrole nitrogens is 1. The molecule has 1 N–H and O–H groups in total. The van der Waals surface area contributed by atoms with E-state index >= 15 is 0 Å². The Bertz CT molecular complexity index is 800. The highest BCUT2D eigenvalue weighted by Gasteiger charge is 2.24. The molecule has 0 unspecified atom stereocenters. The van der Waals surface area contributed by atoms with Gasteiger partial charge in [-0.1, -0.05) is 36.8 Å². The van der Waals surface area contributed by atoms with Crippen molar-refractivity contribution in [2.45, 2.75) is 58.5 Å². The van der Waals surface area contributed by atoms with Crippen molar-refractivity contribution in [3.8, 4) is 11.4 Å². The fourth-order valence-corrected chi connectivity index (χ4v) is 3.89. The van der Waals surface area contributed by atoms with Gasteiger partial charge in [-0.3, -0.25) is 14.5 Å². The first-order valence-corrected chi connectivity index (χ1v) is 9.84. The number of rotatable bonds is 5. The molecule has 1 amide bonds. The minimum Gasteiger partial charge on any atom is -0.343 e. The molecule has 1 aromatic carbocycles. The highest BCUT2D eigenvalue weighted by molar-refractivity contribution is 7.71. The number of aryl methyl sites for hydroxylation is 1. The van der Waals surface area contributed by atoms with Crippen molar-refractivity contribution in [2.24, 2.45) is 5.92 Å². The summed E-state index contributed by atoms with van der Waals surface area (Å²) in [6.07, 6.45) is 5.10. The smallest absolute Gasteiger partial charge is 0.224 e. The van der Waals surface area contributed by atoms with Crippen LogP contribution >= 0.6 is 12.2 Å². The zero-order valence-corrected chi connectivity index (χ0v) is 16.7. The van der Waals surface area contributed by atoms with Gasteiger partial charge in [0.15, 0.2) is 10.6 Å². The fourth-order valence-electron chi connectivity index (χ4n) is 3.67. The molecule has 2 aromatic rings. The Hall–Kier alpha value is -1.95. The monoisotopic (exact) mass is 372 g/mol. The largest absolute Gasteiger partial charge is 0.343 e. The van der Waals surface area contributed by atoms with Gasteiger partial charge in [-0.15, -0.1) is 0 Å². The standard InChI is InChI=1S/C20H28N4OS/c1-14-4-8-16(9-5-14)19-21-22-20(26)24(19)13-12-18(25)23(3)17-10-6-15(2)7-11-17/h4-5,8-9,15,17H,6-7,10-13H2,1-3H3,(H,22,26). The number of benzene rings is 1. The Kier molecular flexibility index (Phi) is 5.91. The van der Waals surface area contributed by atoms with E-state index in [-0.39, 0.29) is 5.91 Å². The molecular formula is C20H28N4OS. The maximum absolute atomic E-state index is 12.7. The van der Waals surface area contributed by atoms with Gasteiger partial charge in [-0.25, -0.2) is 0 Å². The number of carbonyl (C=O) groups is 1. The molecule has 1 aliphatic carbocycles. The molecule has 1 heterocycles. The molecule has 1 aromatic heterocycles. The number of aromatic nitrogens is 3. The van der Waals surface area contributed by atoms with Gasteiger partial charge in [-0.05, 0) is 50.7 Å². The van der Waals surface area contributed by atoms with E-state index in [1.165, 1.54) is 18.4 Å². The minimum absolute atomic E-state index is 0.183. The molecule has 0 saturated heterocycles. The fraction of sp³-hybridized carbons (Fsp3) is 0.550. The van der Waals surface area contributed by atoms with Crippen LogP contribution in [0.25, 0.3) is 11.4 Å². The van der Waals surface area contributed by atoms with Gasteiger partial charge in [0.25, 0.3) is 0 Å². The lowest BCUT2D eigenvalue weighted by Crippen LogP contribution is -2.39. The summed E-state index contributed by atoms with van der Waals surface area (Å²) in [7, 11) is 1.94. The van der Waals surface area contributed by atoms with E-state index in [1.54, 1.807) is 0 Å². The Balaban J connectivity index is 1.66. The van der Waals surface area contributed by atoms with E-state index in [4.69, 9.17) is 12.2 Å². The number of hydrogen-bond acceptors (Lipinski definition) is 3. The lowest BCUT2D eigenvalue weighted by Gasteiger charge is -2.33. The molecule has 0 aliphatic heterocycles. The number of amides is 1. The molecule has 1 aliphatic rings. The van der Waals surface area contributed by atoms with Gasteiger partial charge in [0.2, 0.25) is 5.91 Å². The molecule has 26 heavy (non-hydrogen) atoms. The molecule has 5 nitrogen and oxygen atoms in total. The highest BCUT2D eigenvalue weighted by atomic mass is 32.1. The maximum atomic E-state index is 12.7. The lowest BCUT2D eigenvalue weighted by molar-refractivity contribution is -0.132. The third-order valence-corrected chi connectivity index (χ3v) is 5.86. The molecule has 1 fully saturated rings. The van der Waals surface area contributed by atoms with Crippen molar-refractivity contribution in [1.82, 2.24) is 19.7 Å². The maximum Gasteiger partial charge on any atom is 0.224 e. The highest BCUT2D eigenvalue weighted by Crippen LogP contribution is 2.27. The van der Waals surface area contributed by atoms with Gasteiger partial charge in [0.1, 0.15) is 0 Å². The van der Waals surface area contributed by atoms with Crippen molar-refractivity contribution in [2.75, 3.05) is 7.05 Å². The first-order chi connectivity index (χ1) is 12.5. The predicted octanol–water partition coefficient (Wildman–Crippen LogP) is 4.34. The van der Waals surface area contributed by atoms with E-state index in [9.17, 15) is 4.79 Å². The summed E-state index contributed by atoms with van der Waals surface area (Å²) >= 11 is 5.37. The van der Waals surface area contributed by atoms with Gasteiger partial charge >= 0.3 is 0 Å². The van der Waals surface area contributed by atoms with E-state index in [0.29, 0.717) is 23.8 Å². The lowest BCUT2D eigenvalue weighted by atomic mass is 9.86. The van der Waals surface area contributed by atoms with Crippen LogP contribution in [-0.2, 0) is 11.3 Å². The van der Waals surface area contributed by atoms with E-state index in [0.717, 1.165) is 30.1 Å². The third-order valence-electron chi connectivity index (χ3n) is 5.54.